The molecule has 1 aliphatic rings. The van der Waals surface area contributed by atoms with Gasteiger partial charge in [-0.15, -0.1) is 0 Å². The normalized spacial score (nSPS) is 19.4. The minimum atomic E-state index is -3.76. The van der Waals surface area contributed by atoms with E-state index in [0.717, 1.165) is 17.7 Å². The van der Waals surface area contributed by atoms with Gasteiger partial charge in [-0.1, -0.05) is 12.1 Å². The monoisotopic (exact) mass is 397 g/mol. The highest BCUT2D eigenvalue weighted by molar-refractivity contribution is 7.92. The highest BCUT2D eigenvalue weighted by Gasteiger charge is 2.37. The maximum atomic E-state index is 13.1. The molecule has 0 unspecified atom stereocenters. The van der Waals surface area contributed by atoms with Crippen molar-refractivity contribution in [2.45, 2.75) is 34.8 Å². The summed E-state index contributed by atoms with van der Waals surface area (Å²) in [6, 6.07) is 11.2. The summed E-state index contributed by atoms with van der Waals surface area (Å²) in [6.45, 7) is 1.98. The molecule has 0 saturated carbocycles. The fourth-order valence-corrected chi connectivity index (χ4v) is 6.60. The van der Waals surface area contributed by atoms with Crippen LogP contribution < -0.4 is 0 Å². The van der Waals surface area contributed by atoms with E-state index < -0.39 is 30.9 Å². The average Bonchev–Trinajstić information content (AvgIpc) is 2.62. The van der Waals surface area contributed by atoms with Crippen LogP contribution in [0.2, 0.25) is 0 Å². The zero-order valence-corrected chi connectivity index (χ0v) is 15.9. The Bertz CT molecular complexity index is 1000. The fraction of sp³-hybridized carbons (Fsp3) is 0.333. The third-order valence-corrected chi connectivity index (χ3v) is 8.60. The zero-order chi connectivity index (χ0) is 18.9. The Morgan fingerprint density at radius 1 is 1.00 bits per heavy atom. The molecule has 0 spiro atoms. The average molecular weight is 397 g/mol. The molecule has 1 atom stereocenters. The highest BCUT2D eigenvalue weighted by atomic mass is 32.2. The van der Waals surface area contributed by atoms with E-state index in [0.29, 0.717) is 12.8 Å². The molecule has 0 bridgehead atoms. The topological polar surface area (TPSA) is 71.5 Å². The maximum absolute atomic E-state index is 13.1. The lowest BCUT2D eigenvalue weighted by Gasteiger charge is -2.31. The summed E-state index contributed by atoms with van der Waals surface area (Å²) in [7, 11) is -7.49. The van der Waals surface area contributed by atoms with Crippen LogP contribution in [0.25, 0.3) is 0 Å². The Balaban J connectivity index is 1.88. The van der Waals surface area contributed by atoms with Gasteiger partial charge >= 0.3 is 0 Å². The molecule has 1 saturated heterocycles. The Hall–Kier alpha value is -1.77. The van der Waals surface area contributed by atoms with E-state index in [9.17, 15) is 21.2 Å². The number of rotatable bonds is 4. The largest absolute Gasteiger partial charge is 0.243 e. The lowest BCUT2D eigenvalue weighted by atomic mass is 10.2. The number of sulfonamides is 1. The minimum Gasteiger partial charge on any atom is -0.223 e. The summed E-state index contributed by atoms with van der Waals surface area (Å²) in [4.78, 5) is 0.177. The SMILES string of the molecule is Cc1cccc(S(=O)(=O)N2CCC[C@@H](S(=O)(=O)c3ccc(F)cc3)C2)c1. The molecule has 1 fully saturated rings. The molecule has 0 radical (unpaired) electrons. The van der Waals surface area contributed by atoms with Gasteiger partial charge in [0.15, 0.2) is 9.84 Å². The molecule has 0 N–H and O–H groups in total. The standard InChI is InChI=1S/C18H20FNO4S2/c1-14-4-2-5-17(12-14)26(23,24)20-11-3-6-18(13-20)25(21,22)16-9-7-15(19)8-10-16/h2,4-5,7-10,12,18H,3,6,11,13H2,1H3/t18-/m1/s1. The van der Waals surface area contributed by atoms with Crippen molar-refractivity contribution < 1.29 is 21.2 Å². The molecule has 0 amide bonds. The van der Waals surface area contributed by atoms with Gasteiger partial charge < -0.3 is 0 Å². The van der Waals surface area contributed by atoms with E-state index in [-0.39, 0.29) is 22.9 Å². The van der Waals surface area contributed by atoms with Crippen molar-refractivity contribution in [1.29, 1.82) is 0 Å². The second-order valence-corrected chi connectivity index (χ2v) is 10.6. The van der Waals surface area contributed by atoms with Gasteiger partial charge in [-0.3, -0.25) is 0 Å². The predicted molar refractivity (Wildman–Crippen MR) is 96.5 cm³/mol. The molecule has 1 aliphatic heterocycles. The highest BCUT2D eigenvalue weighted by Crippen LogP contribution is 2.27. The Morgan fingerprint density at radius 2 is 1.69 bits per heavy atom. The number of sulfone groups is 1. The Morgan fingerprint density at radius 3 is 2.35 bits per heavy atom. The predicted octanol–water partition coefficient (Wildman–Crippen LogP) is 2.76. The number of aryl methyl sites for hydroxylation is 1. The van der Waals surface area contributed by atoms with E-state index in [4.69, 9.17) is 0 Å². The molecule has 5 nitrogen and oxygen atoms in total. The van der Waals surface area contributed by atoms with Gasteiger partial charge in [-0.25, -0.2) is 21.2 Å². The van der Waals surface area contributed by atoms with Crippen molar-refractivity contribution in [3.05, 3.63) is 59.9 Å². The van der Waals surface area contributed by atoms with E-state index in [1.807, 2.05) is 0 Å². The van der Waals surface area contributed by atoms with Gasteiger partial charge in [-0.2, -0.15) is 4.31 Å². The van der Waals surface area contributed by atoms with Crippen LogP contribution in [0.1, 0.15) is 18.4 Å². The summed E-state index contributed by atoms with van der Waals surface area (Å²) >= 11 is 0. The first-order valence-corrected chi connectivity index (χ1v) is 11.3. The molecule has 2 aromatic carbocycles. The van der Waals surface area contributed by atoms with E-state index in [1.165, 1.54) is 22.5 Å². The number of hydrogen-bond acceptors (Lipinski definition) is 4. The van der Waals surface area contributed by atoms with Crippen LogP contribution in [-0.4, -0.2) is 39.5 Å². The van der Waals surface area contributed by atoms with Crippen molar-refractivity contribution in [1.82, 2.24) is 4.31 Å². The van der Waals surface area contributed by atoms with Crippen LogP contribution in [0, 0.1) is 12.7 Å². The quantitative estimate of drug-likeness (QED) is 0.744. The molecular weight excluding hydrogens is 377 g/mol. The minimum absolute atomic E-state index is 0.0127. The zero-order valence-electron chi connectivity index (χ0n) is 14.3. The molecule has 1 heterocycles. The summed E-state index contributed by atoms with van der Waals surface area (Å²) in [5, 5.41) is -0.846. The van der Waals surface area contributed by atoms with Crippen LogP contribution in [0.15, 0.2) is 58.3 Å². The van der Waals surface area contributed by atoms with Crippen molar-refractivity contribution >= 4 is 19.9 Å². The number of nitrogens with zero attached hydrogens (tertiary/aromatic N) is 1. The number of benzene rings is 2. The number of halogens is 1. The first-order chi connectivity index (χ1) is 12.2. The van der Waals surface area contributed by atoms with E-state index in [1.54, 1.807) is 25.1 Å². The Labute approximate surface area is 153 Å². The summed E-state index contributed by atoms with van der Waals surface area (Å²) in [6.07, 6.45) is 0.829. The van der Waals surface area contributed by atoms with Crippen LogP contribution >= 0.6 is 0 Å². The summed E-state index contributed by atoms with van der Waals surface area (Å²) < 4.78 is 65.7. The van der Waals surface area contributed by atoms with Crippen molar-refractivity contribution in [3.8, 4) is 0 Å². The molecule has 2 aromatic rings. The molecule has 8 heteroatoms. The molecule has 0 aromatic heterocycles. The first-order valence-electron chi connectivity index (χ1n) is 8.27. The second kappa shape index (κ2) is 7.09. The van der Waals surface area contributed by atoms with Crippen molar-refractivity contribution in [3.63, 3.8) is 0 Å². The molecular formula is C18H20FNO4S2. The second-order valence-electron chi connectivity index (χ2n) is 6.44. The van der Waals surface area contributed by atoms with Crippen LogP contribution in [0.5, 0.6) is 0 Å². The van der Waals surface area contributed by atoms with Crippen molar-refractivity contribution in [2.75, 3.05) is 13.1 Å². The van der Waals surface area contributed by atoms with Crippen LogP contribution in [0.3, 0.4) is 0 Å². The van der Waals surface area contributed by atoms with Crippen LogP contribution in [-0.2, 0) is 19.9 Å². The summed E-state index contributed by atoms with van der Waals surface area (Å²) in [5.74, 6) is -0.517. The van der Waals surface area contributed by atoms with Gasteiger partial charge in [0, 0.05) is 13.1 Å². The van der Waals surface area contributed by atoms with Gasteiger partial charge in [0.05, 0.1) is 15.0 Å². The van der Waals surface area contributed by atoms with Gasteiger partial charge in [0.2, 0.25) is 10.0 Å². The third kappa shape index (κ3) is 3.67. The lowest BCUT2D eigenvalue weighted by molar-refractivity contribution is 0.346. The molecule has 3 rings (SSSR count). The lowest BCUT2D eigenvalue weighted by Crippen LogP contribution is -2.45. The van der Waals surface area contributed by atoms with E-state index in [2.05, 4.69) is 0 Å². The summed E-state index contributed by atoms with van der Waals surface area (Å²) in [5.41, 5.74) is 0.818. The molecule has 140 valence electrons. The number of piperidine rings is 1. The number of hydrogen-bond donors (Lipinski definition) is 0. The van der Waals surface area contributed by atoms with Gasteiger partial charge in [0.25, 0.3) is 0 Å². The third-order valence-electron chi connectivity index (χ3n) is 4.55. The molecule has 0 aliphatic carbocycles. The fourth-order valence-electron chi connectivity index (χ4n) is 3.12. The van der Waals surface area contributed by atoms with Crippen molar-refractivity contribution in [2.24, 2.45) is 0 Å². The van der Waals surface area contributed by atoms with Gasteiger partial charge in [0.1, 0.15) is 5.82 Å². The smallest absolute Gasteiger partial charge is 0.223 e. The Kier molecular flexibility index (Phi) is 5.18. The van der Waals surface area contributed by atoms with E-state index >= 15 is 0 Å². The van der Waals surface area contributed by atoms with Crippen LogP contribution in [0.4, 0.5) is 4.39 Å². The molecule has 26 heavy (non-hydrogen) atoms. The van der Waals surface area contributed by atoms with Gasteiger partial charge in [-0.05, 0) is 61.7 Å². The first kappa shape index (κ1) is 19.0. The maximum Gasteiger partial charge on any atom is 0.243 e.